The number of nitrogens with zero attached hydrogens (tertiary/aromatic N) is 2. The fraction of sp³-hybridized carbons (Fsp3) is 0.500. The number of benzene rings is 1. The zero-order chi connectivity index (χ0) is 19.1. The molecule has 0 unspecified atom stereocenters. The van der Waals surface area contributed by atoms with Crippen molar-refractivity contribution in [3.63, 3.8) is 0 Å². The first kappa shape index (κ1) is 19.4. The second-order valence-electron chi connectivity index (χ2n) is 6.54. The van der Waals surface area contributed by atoms with Gasteiger partial charge in [0.2, 0.25) is 0 Å². The third kappa shape index (κ3) is 5.30. The Bertz CT molecular complexity index is 736. The zero-order valence-corrected chi connectivity index (χ0v) is 16.0. The number of amides is 1. The van der Waals surface area contributed by atoms with Crippen molar-refractivity contribution in [1.82, 2.24) is 15.4 Å². The summed E-state index contributed by atoms with van der Waals surface area (Å²) in [6.45, 7) is 8.78. The van der Waals surface area contributed by atoms with E-state index in [0.717, 1.165) is 36.4 Å². The molecule has 3 rings (SSSR count). The molecule has 1 amide bonds. The second kappa shape index (κ2) is 9.53. The third-order valence-electron chi connectivity index (χ3n) is 4.62. The number of carbonyl (C=O) groups excluding carboxylic acids is 1. The highest BCUT2D eigenvalue weighted by molar-refractivity contribution is 5.93. The van der Waals surface area contributed by atoms with Gasteiger partial charge in [-0.25, -0.2) is 0 Å². The molecule has 0 bridgehead atoms. The van der Waals surface area contributed by atoms with Crippen molar-refractivity contribution in [3.05, 3.63) is 46.8 Å². The lowest BCUT2D eigenvalue weighted by atomic mass is 10.1. The monoisotopic (exact) mass is 373 g/mol. The average Bonchev–Trinajstić information content (AvgIpc) is 3.05. The SMILES string of the molecule is CCOc1ccc(CCNC(=O)c2noc(C)c2CN2CCOCC2)cc1. The molecule has 1 fully saturated rings. The lowest BCUT2D eigenvalue weighted by Crippen LogP contribution is -2.36. The Morgan fingerprint density at radius 1 is 1.26 bits per heavy atom. The van der Waals surface area contributed by atoms with Crippen LogP contribution in [0.4, 0.5) is 0 Å². The summed E-state index contributed by atoms with van der Waals surface area (Å²) in [5.41, 5.74) is 2.38. The molecule has 1 N–H and O–H groups in total. The first-order chi connectivity index (χ1) is 13.2. The smallest absolute Gasteiger partial charge is 0.273 e. The molecular formula is C20H27N3O4. The van der Waals surface area contributed by atoms with Crippen LogP contribution in [0.5, 0.6) is 5.75 Å². The summed E-state index contributed by atoms with van der Waals surface area (Å²) in [4.78, 5) is 14.8. The number of hydrogen-bond donors (Lipinski definition) is 1. The summed E-state index contributed by atoms with van der Waals surface area (Å²) in [6, 6.07) is 7.92. The minimum absolute atomic E-state index is 0.193. The molecule has 146 valence electrons. The Morgan fingerprint density at radius 3 is 2.70 bits per heavy atom. The van der Waals surface area contributed by atoms with Gasteiger partial charge in [-0.2, -0.15) is 0 Å². The number of aromatic nitrogens is 1. The molecule has 0 atom stereocenters. The van der Waals surface area contributed by atoms with Crippen LogP contribution < -0.4 is 10.1 Å². The van der Waals surface area contributed by atoms with Crippen molar-refractivity contribution in [2.24, 2.45) is 0 Å². The summed E-state index contributed by atoms with van der Waals surface area (Å²) >= 11 is 0. The minimum atomic E-state index is -0.193. The summed E-state index contributed by atoms with van der Waals surface area (Å²) in [5.74, 6) is 1.36. The van der Waals surface area contributed by atoms with Crippen LogP contribution in [-0.4, -0.2) is 55.4 Å². The summed E-state index contributed by atoms with van der Waals surface area (Å²) in [5, 5.41) is 6.92. The predicted octanol–water partition coefficient (Wildman–Crippen LogP) is 2.19. The molecule has 0 radical (unpaired) electrons. The van der Waals surface area contributed by atoms with Crippen LogP contribution in [0.15, 0.2) is 28.8 Å². The van der Waals surface area contributed by atoms with E-state index in [1.807, 2.05) is 38.1 Å². The van der Waals surface area contributed by atoms with E-state index < -0.39 is 0 Å². The second-order valence-corrected chi connectivity index (χ2v) is 6.54. The fourth-order valence-corrected chi connectivity index (χ4v) is 3.06. The topological polar surface area (TPSA) is 76.8 Å². The van der Waals surface area contributed by atoms with Crippen molar-refractivity contribution < 1.29 is 18.8 Å². The molecule has 0 aliphatic carbocycles. The molecule has 7 heteroatoms. The summed E-state index contributed by atoms with van der Waals surface area (Å²) in [7, 11) is 0. The van der Waals surface area contributed by atoms with Crippen molar-refractivity contribution in [2.45, 2.75) is 26.8 Å². The molecule has 0 spiro atoms. The van der Waals surface area contributed by atoms with Gasteiger partial charge in [-0.15, -0.1) is 0 Å². The maximum atomic E-state index is 12.6. The molecule has 1 saturated heterocycles. The molecule has 1 aliphatic rings. The van der Waals surface area contributed by atoms with Gasteiger partial charge in [0.25, 0.3) is 5.91 Å². The number of hydrogen-bond acceptors (Lipinski definition) is 6. The van der Waals surface area contributed by atoms with E-state index in [9.17, 15) is 4.79 Å². The van der Waals surface area contributed by atoms with Gasteiger partial charge in [0.05, 0.1) is 19.8 Å². The lowest BCUT2D eigenvalue weighted by molar-refractivity contribution is 0.0339. The Hall–Kier alpha value is -2.38. The van der Waals surface area contributed by atoms with Gasteiger partial charge in [-0.3, -0.25) is 9.69 Å². The van der Waals surface area contributed by atoms with Crippen LogP contribution in [-0.2, 0) is 17.7 Å². The third-order valence-corrected chi connectivity index (χ3v) is 4.62. The summed E-state index contributed by atoms with van der Waals surface area (Å²) < 4.78 is 16.1. The van der Waals surface area contributed by atoms with Gasteiger partial charge in [0.1, 0.15) is 11.5 Å². The van der Waals surface area contributed by atoms with E-state index in [1.165, 1.54) is 0 Å². The highest BCUT2D eigenvalue weighted by atomic mass is 16.5. The molecule has 2 heterocycles. The van der Waals surface area contributed by atoms with Crippen LogP contribution in [0.3, 0.4) is 0 Å². The van der Waals surface area contributed by atoms with E-state index in [1.54, 1.807) is 0 Å². The Kier molecular flexibility index (Phi) is 6.84. The van der Waals surface area contributed by atoms with Crippen molar-refractivity contribution in [3.8, 4) is 5.75 Å². The Morgan fingerprint density at radius 2 is 2.00 bits per heavy atom. The molecule has 0 saturated carbocycles. The molecule has 2 aromatic rings. The van der Waals surface area contributed by atoms with Crippen LogP contribution in [0.2, 0.25) is 0 Å². The molecule has 1 aliphatic heterocycles. The molecule has 27 heavy (non-hydrogen) atoms. The standard InChI is InChI=1S/C20H27N3O4/c1-3-26-17-6-4-16(5-7-17)8-9-21-20(24)19-18(15(2)27-22-19)14-23-10-12-25-13-11-23/h4-7H,3,8-14H2,1-2H3,(H,21,24). The number of rotatable bonds is 8. The number of carbonyl (C=O) groups is 1. The van der Waals surface area contributed by atoms with Crippen LogP contribution in [0.25, 0.3) is 0 Å². The normalized spacial score (nSPS) is 14.9. The molecule has 1 aromatic carbocycles. The predicted molar refractivity (Wildman–Crippen MR) is 101 cm³/mol. The van der Waals surface area contributed by atoms with Crippen molar-refractivity contribution in [2.75, 3.05) is 39.5 Å². The maximum absolute atomic E-state index is 12.6. The van der Waals surface area contributed by atoms with Gasteiger partial charge >= 0.3 is 0 Å². The molecular weight excluding hydrogens is 346 g/mol. The van der Waals surface area contributed by atoms with E-state index in [4.69, 9.17) is 14.0 Å². The number of aryl methyl sites for hydroxylation is 1. The fourth-order valence-electron chi connectivity index (χ4n) is 3.06. The summed E-state index contributed by atoms with van der Waals surface area (Å²) in [6.07, 6.45) is 0.744. The molecule has 7 nitrogen and oxygen atoms in total. The van der Waals surface area contributed by atoms with Gasteiger partial charge < -0.3 is 19.3 Å². The van der Waals surface area contributed by atoms with Gasteiger partial charge in [-0.1, -0.05) is 17.3 Å². The van der Waals surface area contributed by atoms with Crippen molar-refractivity contribution >= 4 is 5.91 Å². The quantitative estimate of drug-likeness (QED) is 0.764. The van der Waals surface area contributed by atoms with Crippen molar-refractivity contribution in [1.29, 1.82) is 0 Å². The van der Waals surface area contributed by atoms with Gasteiger partial charge in [0, 0.05) is 31.7 Å². The minimum Gasteiger partial charge on any atom is -0.494 e. The highest BCUT2D eigenvalue weighted by Gasteiger charge is 2.22. The first-order valence-electron chi connectivity index (χ1n) is 9.42. The van der Waals surface area contributed by atoms with Crippen LogP contribution in [0, 0.1) is 6.92 Å². The average molecular weight is 373 g/mol. The molecule has 1 aromatic heterocycles. The van der Waals surface area contributed by atoms with E-state index in [2.05, 4.69) is 15.4 Å². The largest absolute Gasteiger partial charge is 0.494 e. The first-order valence-corrected chi connectivity index (χ1v) is 9.42. The number of morpholine rings is 1. The number of nitrogens with one attached hydrogen (secondary N) is 1. The Balaban J connectivity index is 1.53. The number of ether oxygens (including phenoxy) is 2. The lowest BCUT2D eigenvalue weighted by Gasteiger charge is -2.26. The van der Waals surface area contributed by atoms with E-state index >= 15 is 0 Å². The van der Waals surface area contributed by atoms with Gasteiger partial charge in [0.15, 0.2) is 5.69 Å². The van der Waals surface area contributed by atoms with Crippen LogP contribution in [0.1, 0.15) is 34.3 Å². The highest BCUT2D eigenvalue weighted by Crippen LogP contribution is 2.17. The van der Waals surface area contributed by atoms with E-state index in [0.29, 0.717) is 44.4 Å². The van der Waals surface area contributed by atoms with E-state index in [-0.39, 0.29) is 5.91 Å². The maximum Gasteiger partial charge on any atom is 0.273 e. The van der Waals surface area contributed by atoms with Crippen LogP contribution >= 0.6 is 0 Å². The van der Waals surface area contributed by atoms with Gasteiger partial charge in [-0.05, 0) is 38.0 Å². The Labute approximate surface area is 159 Å². The zero-order valence-electron chi connectivity index (χ0n) is 16.0.